The van der Waals surface area contributed by atoms with E-state index < -0.39 is 0 Å². The highest BCUT2D eigenvalue weighted by molar-refractivity contribution is 6.12. The van der Waals surface area contributed by atoms with Crippen LogP contribution in [0.2, 0.25) is 0 Å². The Balaban J connectivity index is 1.33. The quantitative estimate of drug-likeness (QED) is 0.233. The minimum Gasteiger partial charge on any atom is -0.337 e. The molecule has 1 aliphatic carbocycles. The Morgan fingerprint density at radius 3 is 1.71 bits per heavy atom. The first-order valence-corrected chi connectivity index (χ1v) is 14.0. The molecule has 0 unspecified atom stereocenters. The Labute approximate surface area is 222 Å². The zero-order chi connectivity index (χ0) is 25.1. The van der Waals surface area contributed by atoms with Crippen LogP contribution < -0.4 is 0 Å². The highest BCUT2D eigenvalue weighted by atomic mass is 15.0. The van der Waals surface area contributed by atoms with Crippen molar-refractivity contribution in [1.29, 1.82) is 0 Å². The van der Waals surface area contributed by atoms with E-state index in [9.17, 15) is 0 Å². The van der Waals surface area contributed by atoms with Crippen LogP contribution in [0.5, 0.6) is 0 Å². The van der Waals surface area contributed by atoms with Crippen LogP contribution in [0.3, 0.4) is 0 Å². The molecule has 0 aliphatic heterocycles. The second-order valence-corrected chi connectivity index (χ2v) is 10.8. The molecule has 1 fully saturated rings. The first-order chi connectivity index (χ1) is 18.9. The van der Waals surface area contributed by atoms with Crippen molar-refractivity contribution >= 4 is 43.6 Å². The lowest BCUT2D eigenvalue weighted by molar-refractivity contribution is 0.367. The molecule has 0 bridgehead atoms. The van der Waals surface area contributed by atoms with Crippen LogP contribution in [0.1, 0.15) is 38.1 Å². The molecule has 2 heterocycles. The van der Waals surface area contributed by atoms with E-state index in [0.29, 0.717) is 6.04 Å². The van der Waals surface area contributed by atoms with Crippen LogP contribution in [0.15, 0.2) is 115 Å². The SMILES string of the molecule is c1ccc(-n2c3ccccc3c3cc(-c4ccc5c(c4)c4ccccc4n5C4CCCCC4)ccc32)cc1. The molecule has 8 rings (SSSR count). The molecule has 38 heavy (non-hydrogen) atoms. The van der Waals surface area contributed by atoms with Crippen LogP contribution in [0.4, 0.5) is 0 Å². The maximum absolute atomic E-state index is 2.64. The predicted octanol–water partition coefficient (Wildman–Crippen LogP) is 10.1. The van der Waals surface area contributed by atoms with Gasteiger partial charge in [0.2, 0.25) is 0 Å². The summed E-state index contributed by atoms with van der Waals surface area (Å²) in [6, 6.07) is 43.2. The van der Waals surface area contributed by atoms with Crippen molar-refractivity contribution in [2.24, 2.45) is 0 Å². The lowest BCUT2D eigenvalue weighted by Gasteiger charge is -2.25. The van der Waals surface area contributed by atoms with Crippen LogP contribution in [0, 0.1) is 0 Å². The van der Waals surface area contributed by atoms with Crippen LogP contribution in [-0.4, -0.2) is 9.13 Å². The number of para-hydroxylation sites is 3. The number of fused-ring (bicyclic) bond motifs is 6. The van der Waals surface area contributed by atoms with Crippen molar-refractivity contribution in [2.45, 2.75) is 38.1 Å². The van der Waals surface area contributed by atoms with Gasteiger partial charge in [-0.2, -0.15) is 0 Å². The van der Waals surface area contributed by atoms with Gasteiger partial charge in [0.25, 0.3) is 0 Å². The summed E-state index contributed by atoms with van der Waals surface area (Å²) in [5, 5.41) is 5.34. The fourth-order valence-corrected chi connectivity index (χ4v) is 6.92. The second kappa shape index (κ2) is 8.63. The molecule has 0 N–H and O–H groups in total. The van der Waals surface area contributed by atoms with Gasteiger partial charge in [0.15, 0.2) is 0 Å². The molecule has 7 aromatic rings. The smallest absolute Gasteiger partial charge is 0.0541 e. The number of benzene rings is 5. The van der Waals surface area contributed by atoms with E-state index in [1.165, 1.54) is 92.5 Å². The van der Waals surface area contributed by atoms with Gasteiger partial charge >= 0.3 is 0 Å². The number of rotatable bonds is 3. The van der Waals surface area contributed by atoms with Gasteiger partial charge in [0.1, 0.15) is 0 Å². The monoisotopic (exact) mass is 490 g/mol. The van der Waals surface area contributed by atoms with E-state index in [2.05, 4.69) is 124 Å². The van der Waals surface area contributed by atoms with Gasteiger partial charge in [-0.15, -0.1) is 0 Å². The summed E-state index contributed by atoms with van der Waals surface area (Å²) in [4.78, 5) is 0. The van der Waals surface area contributed by atoms with Gasteiger partial charge in [-0.1, -0.05) is 86.0 Å². The minimum atomic E-state index is 0.609. The number of nitrogens with zero attached hydrogens (tertiary/aromatic N) is 2. The number of aromatic nitrogens is 2. The molecule has 2 heteroatoms. The third-order valence-electron chi connectivity index (χ3n) is 8.67. The fourth-order valence-electron chi connectivity index (χ4n) is 6.92. The highest BCUT2D eigenvalue weighted by Gasteiger charge is 2.21. The fraction of sp³-hybridized carbons (Fsp3) is 0.167. The van der Waals surface area contributed by atoms with Crippen molar-refractivity contribution in [3.05, 3.63) is 115 Å². The molecule has 0 amide bonds. The Morgan fingerprint density at radius 2 is 0.974 bits per heavy atom. The zero-order valence-electron chi connectivity index (χ0n) is 21.5. The largest absolute Gasteiger partial charge is 0.337 e. The van der Waals surface area contributed by atoms with Crippen LogP contribution in [0.25, 0.3) is 60.4 Å². The summed E-state index contributed by atoms with van der Waals surface area (Å²) in [5.41, 5.74) is 9.00. The third-order valence-corrected chi connectivity index (χ3v) is 8.67. The summed E-state index contributed by atoms with van der Waals surface area (Å²) in [7, 11) is 0. The average molecular weight is 491 g/mol. The van der Waals surface area contributed by atoms with Crippen molar-refractivity contribution < 1.29 is 0 Å². The second-order valence-electron chi connectivity index (χ2n) is 10.8. The van der Waals surface area contributed by atoms with E-state index in [1.54, 1.807) is 0 Å². The first kappa shape index (κ1) is 21.8. The summed E-state index contributed by atoms with van der Waals surface area (Å²) in [6.07, 6.45) is 6.64. The molecule has 2 aromatic heterocycles. The van der Waals surface area contributed by atoms with Crippen molar-refractivity contribution in [2.75, 3.05) is 0 Å². The maximum Gasteiger partial charge on any atom is 0.0541 e. The van der Waals surface area contributed by atoms with E-state index in [4.69, 9.17) is 0 Å². The minimum absolute atomic E-state index is 0.609. The number of hydrogen-bond acceptors (Lipinski definition) is 0. The zero-order valence-corrected chi connectivity index (χ0v) is 21.5. The van der Waals surface area contributed by atoms with Crippen molar-refractivity contribution in [3.63, 3.8) is 0 Å². The van der Waals surface area contributed by atoms with Gasteiger partial charge in [-0.05, 0) is 72.5 Å². The van der Waals surface area contributed by atoms with Gasteiger partial charge in [0, 0.05) is 44.3 Å². The van der Waals surface area contributed by atoms with Crippen molar-refractivity contribution in [1.82, 2.24) is 9.13 Å². The van der Waals surface area contributed by atoms with E-state index >= 15 is 0 Å². The molecule has 5 aromatic carbocycles. The standard InChI is InChI=1S/C36H30N2/c1-3-11-27(12-4-1)37-33-17-9-7-15-29(33)31-23-25(19-21-35(31)37)26-20-22-36-32(24-26)30-16-8-10-18-34(30)38(36)28-13-5-2-6-14-28/h1,3-4,7-12,15-24,28H,2,5-6,13-14H2. The van der Waals surface area contributed by atoms with Gasteiger partial charge in [-0.3, -0.25) is 0 Å². The first-order valence-electron chi connectivity index (χ1n) is 14.0. The lowest BCUT2D eigenvalue weighted by atomic mass is 9.95. The van der Waals surface area contributed by atoms with Gasteiger partial charge in [0.05, 0.1) is 11.0 Å². The summed E-state index contributed by atoms with van der Waals surface area (Å²) >= 11 is 0. The third kappa shape index (κ3) is 3.26. The highest BCUT2D eigenvalue weighted by Crippen LogP contribution is 2.40. The Kier molecular flexibility index (Phi) is 4.94. The molecule has 0 spiro atoms. The molecule has 1 aliphatic rings. The molecule has 1 saturated carbocycles. The molecular formula is C36H30N2. The summed E-state index contributed by atoms with van der Waals surface area (Å²) in [6.45, 7) is 0. The van der Waals surface area contributed by atoms with Crippen molar-refractivity contribution in [3.8, 4) is 16.8 Å². The molecule has 184 valence electrons. The Hall–Kier alpha value is -4.30. The molecule has 0 radical (unpaired) electrons. The van der Waals surface area contributed by atoms with Gasteiger partial charge in [-0.25, -0.2) is 0 Å². The van der Waals surface area contributed by atoms with E-state index in [-0.39, 0.29) is 0 Å². The lowest BCUT2D eigenvalue weighted by Crippen LogP contribution is -2.12. The molecular weight excluding hydrogens is 460 g/mol. The van der Waals surface area contributed by atoms with Crippen LogP contribution >= 0.6 is 0 Å². The Morgan fingerprint density at radius 1 is 0.447 bits per heavy atom. The molecule has 0 saturated heterocycles. The maximum atomic E-state index is 2.64. The summed E-state index contributed by atoms with van der Waals surface area (Å²) < 4.78 is 5.03. The van der Waals surface area contributed by atoms with E-state index in [0.717, 1.165) is 0 Å². The van der Waals surface area contributed by atoms with E-state index in [1.807, 2.05) is 0 Å². The molecule has 0 atom stereocenters. The topological polar surface area (TPSA) is 9.86 Å². The van der Waals surface area contributed by atoms with Gasteiger partial charge < -0.3 is 9.13 Å². The van der Waals surface area contributed by atoms with Crippen LogP contribution in [-0.2, 0) is 0 Å². The normalized spacial score (nSPS) is 14.7. The molecule has 2 nitrogen and oxygen atoms in total. The predicted molar refractivity (Wildman–Crippen MR) is 161 cm³/mol. The number of hydrogen-bond donors (Lipinski definition) is 0. The Bertz CT molecular complexity index is 1950. The summed E-state index contributed by atoms with van der Waals surface area (Å²) in [5.74, 6) is 0. The average Bonchev–Trinajstić information content (AvgIpc) is 3.50.